The minimum atomic E-state index is -1.25. The summed E-state index contributed by atoms with van der Waals surface area (Å²) in [6.07, 6.45) is 0.396. The van der Waals surface area contributed by atoms with Crippen LogP contribution >= 0.6 is 0 Å². The molecule has 2 rings (SSSR count). The second kappa shape index (κ2) is 5.26. The second-order valence-electron chi connectivity index (χ2n) is 6.99. The van der Waals surface area contributed by atoms with Gasteiger partial charge in [-0.2, -0.15) is 10.1 Å². The molecule has 1 aliphatic rings. The summed E-state index contributed by atoms with van der Waals surface area (Å²) in [5.41, 5.74) is -0.0390. The Bertz CT molecular complexity index is 558. The van der Waals surface area contributed by atoms with E-state index in [2.05, 4.69) is 5.10 Å². The van der Waals surface area contributed by atoms with E-state index in [4.69, 9.17) is 0 Å². The van der Waals surface area contributed by atoms with E-state index in [0.29, 0.717) is 12.0 Å². The first-order chi connectivity index (χ1) is 9.66. The number of hydrogen-bond donors (Lipinski definition) is 1. The van der Waals surface area contributed by atoms with Gasteiger partial charge < -0.3 is 5.11 Å². The molecule has 0 aromatic heterocycles. The first-order valence-corrected chi connectivity index (χ1v) is 7.36. The summed E-state index contributed by atoms with van der Waals surface area (Å²) in [6, 6.07) is 8.97. The fraction of sp³-hybridized carbons (Fsp3) is 0.529. The van der Waals surface area contributed by atoms with Gasteiger partial charge in [-0.25, -0.2) is 0 Å². The van der Waals surface area contributed by atoms with Crippen LogP contribution < -0.4 is 0 Å². The van der Waals surface area contributed by atoms with Gasteiger partial charge in [0.2, 0.25) is 0 Å². The van der Waals surface area contributed by atoms with Gasteiger partial charge >= 0.3 is 0 Å². The third-order valence-electron chi connectivity index (χ3n) is 4.02. The predicted octanol–water partition coefficient (Wildman–Crippen LogP) is 3.28. The molecular formula is C17H24N2O2. The van der Waals surface area contributed by atoms with E-state index in [1.54, 1.807) is 12.1 Å². The number of carbonyl (C=O) groups excluding carboxylic acids is 1. The van der Waals surface area contributed by atoms with Crippen LogP contribution in [0.1, 0.15) is 51.4 Å². The maximum absolute atomic E-state index is 12.7. The maximum Gasteiger partial charge on any atom is 0.276 e. The number of carbonyl (C=O) groups is 1. The molecule has 1 aliphatic heterocycles. The molecule has 114 valence electrons. The zero-order chi connectivity index (χ0) is 15.8. The summed E-state index contributed by atoms with van der Waals surface area (Å²) in [5, 5.41) is 16.7. The lowest BCUT2D eigenvalue weighted by Crippen LogP contribution is -2.50. The first-order valence-electron chi connectivity index (χ1n) is 7.36. The highest BCUT2D eigenvalue weighted by Gasteiger charge is 2.48. The van der Waals surface area contributed by atoms with Crippen molar-refractivity contribution < 1.29 is 9.90 Å². The summed E-state index contributed by atoms with van der Waals surface area (Å²) in [6.45, 7) is 9.95. The van der Waals surface area contributed by atoms with E-state index >= 15 is 0 Å². The van der Waals surface area contributed by atoms with Gasteiger partial charge in [-0.3, -0.25) is 4.79 Å². The number of rotatable bonds is 2. The Morgan fingerprint density at radius 3 is 2.33 bits per heavy atom. The number of aliphatic hydroxyl groups is 1. The maximum atomic E-state index is 12.7. The molecule has 0 fully saturated rings. The molecule has 0 saturated heterocycles. The number of amides is 1. The Morgan fingerprint density at radius 2 is 1.86 bits per heavy atom. The van der Waals surface area contributed by atoms with Gasteiger partial charge in [0.1, 0.15) is 0 Å². The van der Waals surface area contributed by atoms with Crippen LogP contribution in [-0.4, -0.2) is 27.5 Å². The van der Waals surface area contributed by atoms with E-state index in [1.165, 1.54) is 5.01 Å². The highest BCUT2D eigenvalue weighted by Crippen LogP contribution is 2.38. The molecule has 1 amide bonds. The topological polar surface area (TPSA) is 52.9 Å². The van der Waals surface area contributed by atoms with Crippen LogP contribution in [0.25, 0.3) is 0 Å². The molecule has 1 heterocycles. The normalized spacial score (nSPS) is 22.6. The average Bonchev–Trinajstić information content (AvgIpc) is 2.78. The monoisotopic (exact) mass is 288 g/mol. The molecule has 1 atom stereocenters. The van der Waals surface area contributed by atoms with Crippen LogP contribution in [-0.2, 0) is 0 Å². The first kappa shape index (κ1) is 15.7. The number of hydrazone groups is 1. The SMILES string of the molecule is CC(C)C1(O)CC(C(C)(C)C)=NN1C(=O)c1ccccc1. The van der Waals surface area contributed by atoms with Gasteiger partial charge in [-0.15, -0.1) is 0 Å². The highest BCUT2D eigenvalue weighted by molar-refractivity contribution is 5.99. The second-order valence-corrected chi connectivity index (χ2v) is 6.99. The minimum Gasteiger partial charge on any atom is -0.368 e. The molecule has 0 bridgehead atoms. The van der Waals surface area contributed by atoms with E-state index < -0.39 is 5.72 Å². The molecule has 0 radical (unpaired) electrons. The number of nitrogens with zero attached hydrogens (tertiary/aromatic N) is 2. The lowest BCUT2D eigenvalue weighted by molar-refractivity contribution is -0.104. The molecule has 0 saturated carbocycles. The third-order valence-corrected chi connectivity index (χ3v) is 4.02. The molecule has 4 heteroatoms. The smallest absolute Gasteiger partial charge is 0.276 e. The Balaban J connectivity index is 2.42. The molecule has 1 aromatic carbocycles. The van der Waals surface area contributed by atoms with Crippen LogP contribution in [0.15, 0.2) is 35.4 Å². The van der Waals surface area contributed by atoms with Crippen molar-refractivity contribution >= 4 is 11.6 Å². The Hall–Kier alpha value is -1.68. The molecule has 0 aliphatic carbocycles. The highest BCUT2D eigenvalue weighted by atomic mass is 16.3. The average molecular weight is 288 g/mol. The van der Waals surface area contributed by atoms with Gasteiger partial charge in [-0.05, 0) is 12.1 Å². The van der Waals surface area contributed by atoms with Gasteiger partial charge in [0.15, 0.2) is 5.72 Å². The molecule has 1 unspecified atom stereocenters. The summed E-state index contributed by atoms with van der Waals surface area (Å²) < 4.78 is 0. The van der Waals surface area contributed by atoms with E-state index in [-0.39, 0.29) is 17.2 Å². The lowest BCUT2D eigenvalue weighted by atomic mass is 9.83. The van der Waals surface area contributed by atoms with Crippen molar-refractivity contribution in [3.05, 3.63) is 35.9 Å². The van der Waals surface area contributed by atoms with E-state index in [0.717, 1.165) is 5.71 Å². The van der Waals surface area contributed by atoms with Crippen molar-refractivity contribution in [3.63, 3.8) is 0 Å². The summed E-state index contributed by atoms with van der Waals surface area (Å²) >= 11 is 0. The summed E-state index contributed by atoms with van der Waals surface area (Å²) in [4.78, 5) is 12.7. The third kappa shape index (κ3) is 2.86. The zero-order valence-corrected chi connectivity index (χ0v) is 13.4. The summed E-state index contributed by atoms with van der Waals surface area (Å²) in [5.74, 6) is -0.361. The molecular weight excluding hydrogens is 264 g/mol. The van der Waals surface area contributed by atoms with Crippen LogP contribution in [0.5, 0.6) is 0 Å². The van der Waals surface area contributed by atoms with Crippen LogP contribution in [0.2, 0.25) is 0 Å². The van der Waals surface area contributed by atoms with Crippen molar-refractivity contribution in [3.8, 4) is 0 Å². The molecule has 1 aromatic rings. The van der Waals surface area contributed by atoms with Gasteiger partial charge in [0.25, 0.3) is 5.91 Å². The molecule has 21 heavy (non-hydrogen) atoms. The largest absolute Gasteiger partial charge is 0.368 e. The van der Waals surface area contributed by atoms with E-state index in [9.17, 15) is 9.90 Å². The number of benzene rings is 1. The lowest BCUT2D eigenvalue weighted by Gasteiger charge is -2.34. The Labute approximate surface area is 126 Å². The molecule has 0 spiro atoms. The van der Waals surface area contributed by atoms with Crippen molar-refractivity contribution in [1.82, 2.24) is 5.01 Å². The fourth-order valence-electron chi connectivity index (χ4n) is 2.35. The Morgan fingerprint density at radius 1 is 1.29 bits per heavy atom. The van der Waals surface area contributed by atoms with Gasteiger partial charge in [0, 0.05) is 29.0 Å². The van der Waals surface area contributed by atoms with E-state index in [1.807, 2.05) is 52.8 Å². The van der Waals surface area contributed by atoms with Gasteiger partial charge in [0.05, 0.1) is 0 Å². The number of hydrogen-bond acceptors (Lipinski definition) is 3. The molecule has 1 N–H and O–H groups in total. The summed E-state index contributed by atoms with van der Waals surface area (Å²) in [7, 11) is 0. The fourth-order valence-corrected chi connectivity index (χ4v) is 2.35. The van der Waals surface area contributed by atoms with Gasteiger partial charge in [-0.1, -0.05) is 52.8 Å². The van der Waals surface area contributed by atoms with Crippen molar-refractivity contribution in [1.29, 1.82) is 0 Å². The van der Waals surface area contributed by atoms with Crippen molar-refractivity contribution in [2.75, 3.05) is 0 Å². The minimum absolute atomic E-state index is 0.103. The van der Waals surface area contributed by atoms with Crippen molar-refractivity contribution in [2.45, 2.75) is 46.8 Å². The predicted molar refractivity (Wildman–Crippen MR) is 83.9 cm³/mol. The van der Waals surface area contributed by atoms with Crippen molar-refractivity contribution in [2.24, 2.45) is 16.4 Å². The molecule has 4 nitrogen and oxygen atoms in total. The van der Waals surface area contributed by atoms with Crippen LogP contribution in [0.4, 0.5) is 0 Å². The zero-order valence-electron chi connectivity index (χ0n) is 13.4. The van der Waals surface area contributed by atoms with Crippen LogP contribution in [0.3, 0.4) is 0 Å². The quantitative estimate of drug-likeness (QED) is 0.908. The standard InChI is InChI=1S/C17H24N2O2/c1-12(2)17(21)11-14(16(3,4)5)18-19(17)15(20)13-9-7-6-8-10-13/h6-10,12,21H,11H2,1-5H3. The Kier molecular flexibility index (Phi) is 3.93. The van der Waals surface area contributed by atoms with Crippen LogP contribution in [0, 0.1) is 11.3 Å².